The zero-order valence-electron chi connectivity index (χ0n) is 17.9. The van der Waals surface area contributed by atoms with Crippen molar-refractivity contribution in [3.63, 3.8) is 0 Å². The van der Waals surface area contributed by atoms with E-state index in [-0.39, 0.29) is 11.6 Å². The maximum atomic E-state index is 13.3. The average molecular weight is 409 g/mol. The number of allylic oxidation sites excluding steroid dienone is 1. The van der Waals surface area contributed by atoms with Crippen molar-refractivity contribution < 1.29 is 4.79 Å². The van der Waals surface area contributed by atoms with Gasteiger partial charge in [0, 0.05) is 17.8 Å². The van der Waals surface area contributed by atoms with Gasteiger partial charge in [-0.3, -0.25) is 9.36 Å². The molecule has 0 bridgehead atoms. The van der Waals surface area contributed by atoms with Gasteiger partial charge < -0.3 is 0 Å². The maximum absolute atomic E-state index is 13.3. The predicted molar refractivity (Wildman–Crippen MR) is 126 cm³/mol. The van der Waals surface area contributed by atoms with E-state index in [9.17, 15) is 9.59 Å². The second-order valence-electron chi connectivity index (χ2n) is 7.66. The number of benzene rings is 3. The normalized spacial score (nSPS) is 11.2. The van der Waals surface area contributed by atoms with Crippen LogP contribution in [0.15, 0.2) is 89.9 Å². The Morgan fingerprint density at radius 3 is 2.03 bits per heavy atom. The fourth-order valence-corrected chi connectivity index (χ4v) is 3.63. The fraction of sp³-hybridized carbons (Fsp3) is 0.111. The highest BCUT2D eigenvalue weighted by molar-refractivity contribution is 5.96. The van der Waals surface area contributed by atoms with Crippen molar-refractivity contribution in [3.05, 3.63) is 118 Å². The Bertz CT molecular complexity index is 1300. The van der Waals surface area contributed by atoms with Gasteiger partial charge in [0.15, 0.2) is 0 Å². The average Bonchev–Trinajstić information content (AvgIpc) is 3.14. The number of para-hydroxylation sites is 1. The van der Waals surface area contributed by atoms with Crippen molar-refractivity contribution in [3.8, 4) is 16.9 Å². The van der Waals surface area contributed by atoms with Crippen LogP contribution < -0.4 is 5.69 Å². The van der Waals surface area contributed by atoms with E-state index in [1.807, 2.05) is 86.6 Å². The Kier molecular flexibility index (Phi) is 5.54. The summed E-state index contributed by atoms with van der Waals surface area (Å²) in [5.41, 5.74) is 6.08. The lowest BCUT2D eigenvalue weighted by atomic mass is 9.99. The van der Waals surface area contributed by atoms with Crippen molar-refractivity contribution in [2.75, 3.05) is 0 Å². The van der Waals surface area contributed by atoms with E-state index in [0.717, 1.165) is 22.3 Å². The molecule has 0 N–H and O–H groups in total. The van der Waals surface area contributed by atoms with Crippen molar-refractivity contribution >= 4 is 12.0 Å². The number of hydrogen-bond acceptors (Lipinski definition) is 2. The number of carbonyl (C=O) groups excluding carboxylic acids is 1. The SMILES string of the molecule is Cc1cc(-c2cn(-c3ccccc3)c(=O)n2C(=O)/C=C/c2ccccc2)cc(C)c1C. The highest BCUT2D eigenvalue weighted by atomic mass is 16.2. The van der Waals surface area contributed by atoms with E-state index in [4.69, 9.17) is 0 Å². The zero-order chi connectivity index (χ0) is 22.0. The Morgan fingerprint density at radius 1 is 0.839 bits per heavy atom. The number of imidazole rings is 1. The number of aryl methyl sites for hydroxylation is 2. The zero-order valence-corrected chi connectivity index (χ0v) is 17.9. The van der Waals surface area contributed by atoms with Gasteiger partial charge in [0.2, 0.25) is 0 Å². The van der Waals surface area contributed by atoms with Crippen LogP contribution in [0.1, 0.15) is 27.0 Å². The van der Waals surface area contributed by atoms with Crippen LogP contribution in [0.25, 0.3) is 23.0 Å². The molecule has 0 atom stereocenters. The van der Waals surface area contributed by atoms with E-state index >= 15 is 0 Å². The largest absolute Gasteiger partial charge is 0.340 e. The molecule has 0 saturated carbocycles. The first kappa shape index (κ1) is 20.4. The summed E-state index contributed by atoms with van der Waals surface area (Å²) in [7, 11) is 0. The topological polar surface area (TPSA) is 44.0 Å². The third-order valence-corrected chi connectivity index (χ3v) is 5.59. The van der Waals surface area contributed by atoms with E-state index < -0.39 is 0 Å². The molecule has 0 unspecified atom stereocenters. The Labute approximate surface area is 181 Å². The number of aromatic nitrogens is 2. The minimum absolute atomic E-state index is 0.380. The lowest BCUT2D eigenvalue weighted by Gasteiger charge is -2.10. The van der Waals surface area contributed by atoms with Gasteiger partial charge in [0.05, 0.1) is 11.4 Å². The quantitative estimate of drug-likeness (QED) is 0.414. The van der Waals surface area contributed by atoms with Gasteiger partial charge in [-0.05, 0) is 73.4 Å². The standard InChI is InChI=1S/C27H24N2O2/c1-19-16-23(17-20(2)21(19)3)25-18-28(24-12-8-5-9-13-24)27(31)29(25)26(30)15-14-22-10-6-4-7-11-22/h4-18H,1-3H3/b15-14+. The molecule has 0 saturated heterocycles. The first-order valence-corrected chi connectivity index (χ1v) is 10.2. The highest BCUT2D eigenvalue weighted by Gasteiger charge is 2.19. The Balaban J connectivity index is 1.88. The lowest BCUT2D eigenvalue weighted by molar-refractivity contribution is 0.0967. The predicted octanol–water partition coefficient (Wildman–Crippen LogP) is 5.58. The van der Waals surface area contributed by atoms with E-state index in [1.54, 1.807) is 12.3 Å². The van der Waals surface area contributed by atoms with Crippen molar-refractivity contribution in [1.29, 1.82) is 0 Å². The van der Waals surface area contributed by atoms with Crippen LogP contribution in [0.3, 0.4) is 0 Å². The smallest absolute Gasteiger partial charge is 0.269 e. The van der Waals surface area contributed by atoms with E-state index in [0.29, 0.717) is 11.4 Å². The summed E-state index contributed by atoms with van der Waals surface area (Å²) in [5, 5.41) is 0. The third-order valence-electron chi connectivity index (χ3n) is 5.59. The van der Waals surface area contributed by atoms with Crippen LogP contribution in [-0.4, -0.2) is 15.0 Å². The van der Waals surface area contributed by atoms with Crippen LogP contribution in [0, 0.1) is 20.8 Å². The molecule has 0 aliphatic carbocycles. The molecule has 4 heteroatoms. The molecule has 4 rings (SSSR count). The summed E-state index contributed by atoms with van der Waals surface area (Å²) in [6.07, 6.45) is 4.92. The molecule has 4 nitrogen and oxygen atoms in total. The first-order valence-electron chi connectivity index (χ1n) is 10.2. The molecular weight excluding hydrogens is 384 g/mol. The van der Waals surface area contributed by atoms with Crippen LogP contribution in [0.4, 0.5) is 0 Å². The number of carbonyl (C=O) groups is 1. The minimum atomic E-state index is -0.389. The molecule has 0 spiro atoms. The van der Waals surface area contributed by atoms with Gasteiger partial charge in [-0.25, -0.2) is 9.36 Å². The molecule has 3 aromatic carbocycles. The highest BCUT2D eigenvalue weighted by Crippen LogP contribution is 2.25. The minimum Gasteiger partial charge on any atom is -0.269 e. The van der Waals surface area contributed by atoms with E-state index in [2.05, 4.69) is 6.92 Å². The van der Waals surface area contributed by atoms with Gasteiger partial charge >= 0.3 is 5.69 Å². The summed E-state index contributed by atoms with van der Waals surface area (Å²) in [6, 6.07) is 23.0. The second kappa shape index (κ2) is 8.44. The van der Waals surface area contributed by atoms with Gasteiger partial charge in [0.25, 0.3) is 5.91 Å². The molecule has 0 radical (unpaired) electrons. The van der Waals surface area contributed by atoms with Crippen LogP contribution in [0.2, 0.25) is 0 Å². The van der Waals surface area contributed by atoms with Crippen molar-refractivity contribution in [2.45, 2.75) is 20.8 Å². The van der Waals surface area contributed by atoms with Gasteiger partial charge in [-0.15, -0.1) is 0 Å². The molecular formula is C27H24N2O2. The van der Waals surface area contributed by atoms with Crippen LogP contribution >= 0.6 is 0 Å². The molecule has 1 heterocycles. The van der Waals surface area contributed by atoms with Gasteiger partial charge in [-0.2, -0.15) is 0 Å². The summed E-state index contributed by atoms with van der Waals surface area (Å²) in [5.74, 6) is -0.380. The molecule has 1 aromatic heterocycles. The number of nitrogens with zero attached hydrogens (tertiary/aromatic N) is 2. The van der Waals surface area contributed by atoms with E-state index in [1.165, 1.54) is 20.8 Å². The maximum Gasteiger partial charge on any atom is 0.340 e. The molecule has 0 aliphatic heterocycles. The second-order valence-corrected chi connectivity index (χ2v) is 7.66. The lowest BCUT2D eigenvalue weighted by Crippen LogP contribution is -2.27. The van der Waals surface area contributed by atoms with Crippen LogP contribution in [0.5, 0.6) is 0 Å². The fourth-order valence-electron chi connectivity index (χ4n) is 3.63. The van der Waals surface area contributed by atoms with Gasteiger partial charge in [-0.1, -0.05) is 48.5 Å². The molecule has 31 heavy (non-hydrogen) atoms. The molecule has 0 aliphatic rings. The molecule has 0 amide bonds. The Hall–Kier alpha value is -3.92. The summed E-state index contributed by atoms with van der Waals surface area (Å²) >= 11 is 0. The summed E-state index contributed by atoms with van der Waals surface area (Å²) in [6.45, 7) is 6.16. The summed E-state index contributed by atoms with van der Waals surface area (Å²) in [4.78, 5) is 26.5. The summed E-state index contributed by atoms with van der Waals surface area (Å²) < 4.78 is 2.77. The number of rotatable bonds is 4. The molecule has 0 fully saturated rings. The first-order chi connectivity index (χ1) is 15.0. The van der Waals surface area contributed by atoms with Crippen molar-refractivity contribution in [2.24, 2.45) is 0 Å². The Morgan fingerprint density at radius 2 is 1.42 bits per heavy atom. The molecule has 4 aromatic rings. The molecule has 154 valence electrons. The van der Waals surface area contributed by atoms with Crippen molar-refractivity contribution in [1.82, 2.24) is 9.13 Å². The third kappa shape index (κ3) is 4.05. The number of hydrogen-bond donors (Lipinski definition) is 0. The van der Waals surface area contributed by atoms with Gasteiger partial charge in [0.1, 0.15) is 0 Å². The monoisotopic (exact) mass is 408 g/mol. The van der Waals surface area contributed by atoms with Crippen LogP contribution in [-0.2, 0) is 0 Å².